The Bertz CT molecular complexity index is 586. The molecule has 0 fully saturated rings. The van der Waals surface area contributed by atoms with E-state index >= 15 is 0 Å². The second kappa shape index (κ2) is 6.69. The lowest BCUT2D eigenvalue weighted by atomic mass is 10.1. The first-order valence-corrected chi connectivity index (χ1v) is 7.58. The van der Waals surface area contributed by atoms with Crippen molar-refractivity contribution in [2.45, 2.75) is 30.7 Å². The van der Waals surface area contributed by atoms with Crippen molar-refractivity contribution in [3.8, 4) is 5.75 Å². The summed E-state index contributed by atoms with van der Waals surface area (Å²) >= 11 is 0. The highest BCUT2D eigenvalue weighted by molar-refractivity contribution is 7.89. The van der Waals surface area contributed by atoms with E-state index in [0.29, 0.717) is 12.2 Å². The van der Waals surface area contributed by atoms with Gasteiger partial charge < -0.3 is 15.8 Å². The zero-order valence-electron chi connectivity index (χ0n) is 11.4. The second-order valence-electron chi connectivity index (χ2n) is 4.33. The van der Waals surface area contributed by atoms with Crippen LogP contribution in [0.3, 0.4) is 0 Å². The minimum absolute atomic E-state index is 0.103. The van der Waals surface area contributed by atoms with Crippen molar-refractivity contribution in [3.63, 3.8) is 0 Å². The number of ether oxygens (including phenoxy) is 1. The predicted molar refractivity (Wildman–Crippen MR) is 75.9 cm³/mol. The van der Waals surface area contributed by atoms with Crippen LogP contribution in [0.25, 0.3) is 0 Å². The summed E-state index contributed by atoms with van der Waals surface area (Å²) < 4.78 is 27.7. The summed E-state index contributed by atoms with van der Waals surface area (Å²) in [6.45, 7) is 1.88. The maximum Gasteiger partial charge on any atom is 0.238 e. The Hall–Kier alpha value is -1.64. The smallest absolute Gasteiger partial charge is 0.238 e. The summed E-state index contributed by atoms with van der Waals surface area (Å²) in [6, 6.07) is 3.74. The molecular weight excluding hydrogens is 282 g/mol. The van der Waals surface area contributed by atoms with Crippen LogP contribution in [0.15, 0.2) is 23.1 Å². The minimum atomic E-state index is -3.85. The van der Waals surface area contributed by atoms with E-state index in [-0.39, 0.29) is 29.0 Å². The molecule has 1 atom stereocenters. The van der Waals surface area contributed by atoms with E-state index in [1.54, 1.807) is 0 Å². The number of rotatable bonds is 6. The Morgan fingerprint density at radius 1 is 1.45 bits per heavy atom. The summed E-state index contributed by atoms with van der Waals surface area (Å²) in [7, 11) is -2.43. The Balaban J connectivity index is 3.00. The monoisotopic (exact) mass is 301 g/mol. The number of anilines is 1. The molecule has 0 aliphatic heterocycles. The molecule has 1 aromatic rings. The Labute approximate surface area is 118 Å². The van der Waals surface area contributed by atoms with Crippen LogP contribution in [0, 0.1) is 0 Å². The maximum absolute atomic E-state index is 11.8. The van der Waals surface area contributed by atoms with Gasteiger partial charge in [0, 0.05) is 12.5 Å². The third-order valence-electron chi connectivity index (χ3n) is 2.75. The highest BCUT2D eigenvalue weighted by atomic mass is 32.2. The fraction of sp³-hybridized carbons (Fsp3) is 0.417. The first kappa shape index (κ1) is 16.4. The number of carbonyl (C=O) groups excluding carboxylic acids is 1. The highest BCUT2D eigenvalue weighted by Gasteiger charge is 2.15. The number of benzene rings is 1. The second-order valence-corrected chi connectivity index (χ2v) is 5.89. The minimum Gasteiger partial charge on any atom is -0.495 e. The molecule has 112 valence electrons. The van der Waals surface area contributed by atoms with Gasteiger partial charge in [-0.15, -0.1) is 0 Å². The number of carbonyl (C=O) groups is 1. The molecule has 0 heterocycles. The highest BCUT2D eigenvalue weighted by Crippen LogP contribution is 2.27. The number of methoxy groups -OCH3 is 1. The first-order valence-electron chi connectivity index (χ1n) is 6.04. The van der Waals surface area contributed by atoms with Gasteiger partial charge >= 0.3 is 0 Å². The number of amides is 1. The molecular formula is C12H19N3O4S. The van der Waals surface area contributed by atoms with Gasteiger partial charge in [-0.25, -0.2) is 13.6 Å². The van der Waals surface area contributed by atoms with E-state index < -0.39 is 10.0 Å². The van der Waals surface area contributed by atoms with Crippen molar-refractivity contribution >= 4 is 21.6 Å². The normalized spacial score (nSPS) is 12.8. The van der Waals surface area contributed by atoms with E-state index in [2.05, 4.69) is 5.32 Å². The van der Waals surface area contributed by atoms with Gasteiger partial charge in [0.05, 0.1) is 17.7 Å². The standard InChI is InChI=1S/C12H19N3O4S/c1-3-8(13)6-12(16)15-10-7-9(20(14,17)18)4-5-11(10)19-2/h4-5,7-8H,3,6,13H2,1-2H3,(H,15,16)(H2,14,17,18). The average molecular weight is 301 g/mol. The van der Waals surface area contributed by atoms with Crippen LogP contribution in [-0.2, 0) is 14.8 Å². The Kier molecular flexibility index (Phi) is 5.49. The molecule has 1 aromatic carbocycles. The molecule has 20 heavy (non-hydrogen) atoms. The summed E-state index contributed by atoms with van der Waals surface area (Å²) in [5.74, 6) is 0.0278. The van der Waals surface area contributed by atoms with Crippen molar-refractivity contribution in [2.24, 2.45) is 10.9 Å². The fourth-order valence-electron chi connectivity index (χ4n) is 1.55. The number of hydrogen-bond acceptors (Lipinski definition) is 5. The summed E-state index contributed by atoms with van der Waals surface area (Å²) in [5.41, 5.74) is 5.93. The number of nitrogens with one attached hydrogen (secondary N) is 1. The van der Waals surface area contributed by atoms with Gasteiger partial charge in [0.15, 0.2) is 0 Å². The van der Waals surface area contributed by atoms with Crippen molar-refractivity contribution in [3.05, 3.63) is 18.2 Å². The van der Waals surface area contributed by atoms with Gasteiger partial charge in [0.25, 0.3) is 0 Å². The predicted octanol–water partition coefficient (Wildman–Crippen LogP) is 0.409. The van der Waals surface area contributed by atoms with E-state index in [1.807, 2.05) is 6.92 Å². The molecule has 0 saturated heterocycles. The molecule has 7 nitrogen and oxygen atoms in total. The van der Waals surface area contributed by atoms with Crippen molar-refractivity contribution in [2.75, 3.05) is 12.4 Å². The van der Waals surface area contributed by atoms with E-state index in [0.717, 1.165) is 0 Å². The zero-order chi connectivity index (χ0) is 15.3. The van der Waals surface area contributed by atoms with Gasteiger partial charge in [0.1, 0.15) is 5.75 Å². The fourth-order valence-corrected chi connectivity index (χ4v) is 2.09. The molecule has 8 heteroatoms. The van der Waals surface area contributed by atoms with Crippen LogP contribution in [0.2, 0.25) is 0 Å². The average Bonchev–Trinajstić information content (AvgIpc) is 2.37. The van der Waals surface area contributed by atoms with Gasteiger partial charge in [0.2, 0.25) is 15.9 Å². The lowest BCUT2D eigenvalue weighted by Gasteiger charge is -2.13. The maximum atomic E-state index is 11.8. The van der Waals surface area contributed by atoms with Gasteiger partial charge in [-0.05, 0) is 24.6 Å². The summed E-state index contributed by atoms with van der Waals surface area (Å²) in [5, 5.41) is 7.62. The van der Waals surface area contributed by atoms with E-state index in [4.69, 9.17) is 15.6 Å². The van der Waals surface area contributed by atoms with Crippen molar-refractivity contribution < 1.29 is 17.9 Å². The summed E-state index contributed by atoms with van der Waals surface area (Å²) in [6.07, 6.45) is 0.807. The molecule has 5 N–H and O–H groups in total. The lowest BCUT2D eigenvalue weighted by Crippen LogP contribution is -2.26. The molecule has 0 aliphatic carbocycles. The molecule has 1 rings (SSSR count). The zero-order valence-corrected chi connectivity index (χ0v) is 12.2. The first-order chi connectivity index (χ1) is 9.27. The van der Waals surface area contributed by atoms with Crippen LogP contribution in [0.1, 0.15) is 19.8 Å². The van der Waals surface area contributed by atoms with Crippen molar-refractivity contribution in [1.82, 2.24) is 0 Å². The Morgan fingerprint density at radius 2 is 2.10 bits per heavy atom. The van der Waals surface area contributed by atoms with Gasteiger partial charge in [-0.1, -0.05) is 6.92 Å². The topological polar surface area (TPSA) is 125 Å². The number of sulfonamides is 1. The molecule has 1 amide bonds. The molecule has 0 aliphatic rings. The molecule has 0 radical (unpaired) electrons. The quantitative estimate of drug-likeness (QED) is 0.701. The molecule has 0 aromatic heterocycles. The molecule has 0 spiro atoms. The van der Waals surface area contributed by atoms with E-state index in [9.17, 15) is 13.2 Å². The third-order valence-corrected chi connectivity index (χ3v) is 3.66. The molecule has 0 saturated carbocycles. The van der Waals surface area contributed by atoms with Crippen LogP contribution < -0.4 is 20.9 Å². The van der Waals surface area contributed by atoms with Crippen LogP contribution in [0.4, 0.5) is 5.69 Å². The number of nitrogens with two attached hydrogens (primary N) is 2. The third kappa shape index (κ3) is 4.48. The molecule has 1 unspecified atom stereocenters. The Morgan fingerprint density at radius 3 is 2.60 bits per heavy atom. The number of primary sulfonamides is 1. The van der Waals surface area contributed by atoms with Gasteiger partial charge in [-0.3, -0.25) is 4.79 Å². The number of hydrogen-bond donors (Lipinski definition) is 3. The van der Waals surface area contributed by atoms with Crippen molar-refractivity contribution in [1.29, 1.82) is 0 Å². The summed E-state index contributed by atoms with van der Waals surface area (Å²) in [4.78, 5) is 11.7. The molecule has 0 bridgehead atoms. The SMILES string of the molecule is CCC(N)CC(=O)Nc1cc(S(N)(=O)=O)ccc1OC. The van der Waals surface area contributed by atoms with E-state index in [1.165, 1.54) is 25.3 Å². The van der Waals surface area contributed by atoms with Crippen LogP contribution in [0.5, 0.6) is 5.75 Å². The van der Waals surface area contributed by atoms with Crippen LogP contribution in [-0.4, -0.2) is 27.5 Å². The largest absolute Gasteiger partial charge is 0.495 e. The van der Waals surface area contributed by atoms with Crippen LogP contribution >= 0.6 is 0 Å². The van der Waals surface area contributed by atoms with Gasteiger partial charge in [-0.2, -0.15) is 0 Å². The lowest BCUT2D eigenvalue weighted by molar-refractivity contribution is -0.116.